The van der Waals surface area contributed by atoms with E-state index in [1.807, 2.05) is 11.8 Å². The lowest BCUT2D eigenvalue weighted by atomic mass is 10.1. The Labute approximate surface area is 149 Å². The molecule has 24 heavy (non-hydrogen) atoms. The molecule has 0 saturated carbocycles. The second-order valence-corrected chi connectivity index (χ2v) is 7.62. The van der Waals surface area contributed by atoms with Crippen molar-refractivity contribution in [2.45, 2.75) is 40.0 Å². The van der Waals surface area contributed by atoms with Crippen molar-refractivity contribution in [1.29, 1.82) is 0 Å². The lowest BCUT2D eigenvalue weighted by Gasteiger charge is -2.34. The van der Waals surface area contributed by atoms with Crippen molar-refractivity contribution in [2.75, 3.05) is 39.3 Å². The summed E-state index contributed by atoms with van der Waals surface area (Å²) in [6.07, 6.45) is 3.09. The van der Waals surface area contributed by atoms with Gasteiger partial charge in [0.05, 0.1) is 11.4 Å². The Balaban J connectivity index is 1.84. The molecule has 1 N–H and O–H groups in total. The average Bonchev–Trinajstić information content (AvgIpc) is 2.94. The molecule has 0 radical (unpaired) electrons. The van der Waals surface area contributed by atoms with Crippen LogP contribution in [0.3, 0.4) is 0 Å². The van der Waals surface area contributed by atoms with E-state index in [1.165, 1.54) is 10.4 Å². The highest BCUT2D eigenvalue weighted by Gasteiger charge is 2.24. The summed E-state index contributed by atoms with van der Waals surface area (Å²) in [7, 11) is 0. The average molecular weight is 352 g/mol. The highest BCUT2D eigenvalue weighted by molar-refractivity contribution is 7.14. The highest BCUT2D eigenvalue weighted by atomic mass is 32.1. The van der Waals surface area contributed by atoms with Gasteiger partial charge in [-0.2, -0.15) is 0 Å². The van der Waals surface area contributed by atoms with Crippen LogP contribution in [0.4, 0.5) is 0 Å². The Bertz CT molecular complexity index is 563. The summed E-state index contributed by atoms with van der Waals surface area (Å²) in [6, 6.07) is 2.07. The number of nitrogens with one attached hydrogen (secondary N) is 1. The molecule has 0 atom stereocenters. The Morgan fingerprint density at radius 1 is 1.17 bits per heavy atom. The summed E-state index contributed by atoms with van der Waals surface area (Å²) < 4.78 is 0. The lowest BCUT2D eigenvalue weighted by Crippen LogP contribution is -2.51. The van der Waals surface area contributed by atoms with Gasteiger partial charge in [-0.05, 0) is 31.4 Å². The van der Waals surface area contributed by atoms with Crippen LogP contribution in [0.5, 0.6) is 0 Å². The van der Waals surface area contributed by atoms with Gasteiger partial charge >= 0.3 is 0 Å². The molecule has 0 spiro atoms. The Morgan fingerprint density at radius 2 is 1.88 bits per heavy atom. The Kier molecular flexibility index (Phi) is 7.24. The van der Waals surface area contributed by atoms with Gasteiger partial charge in [0.25, 0.3) is 5.91 Å². The van der Waals surface area contributed by atoms with Crippen LogP contribution in [0.1, 0.15) is 46.8 Å². The first-order valence-electron chi connectivity index (χ1n) is 8.92. The molecule has 0 bridgehead atoms. The van der Waals surface area contributed by atoms with Crippen LogP contribution in [0, 0.1) is 6.92 Å². The number of piperazine rings is 1. The van der Waals surface area contributed by atoms with Gasteiger partial charge in [-0.1, -0.05) is 20.3 Å². The van der Waals surface area contributed by atoms with Gasteiger partial charge in [-0.25, -0.2) is 0 Å². The number of carbonyl (C=O) groups is 2. The van der Waals surface area contributed by atoms with E-state index in [0.717, 1.165) is 43.8 Å². The summed E-state index contributed by atoms with van der Waals surface area (Å²) in [4.78, 5) is 30.6. The van der Waals surface area contributed by atoms with Crippen molar-refractivity contribution in [3.05, 3.63) is 21.4 Å². The molecule has 1 saturated heterocycles. The third kappa shape index (κ3) is 5.05. The zero-order valence-electron chi connectivity index (χ0n) is 15.1. The van der Waals surface area contributed by atoms with Gasteiger partial charge in [0.1, 0.15) is 0 Å². The SMILES string of the molecule is CCCNC(=O)CN1CCN(C(=O)c2cc(CCC)c(C)s2)CC1. The largest absolute Gasteiger partial charge is 0.355 e. The van der Waals surface area contributed by atoms with Crippen LogP contribution in [0.2, 0.25) is 0 Å². The minimum atomic E-state index is 0.0784. The number of amides is 2. The quantitative estimate of drug-likeness (QED) is 0.820. The normalized spacial score (nSPS) is 15.5. The second kappa shape index (κ2) is 9.18. The van der Waals surface area contributed by atoms with E-state index in [1.54, 1.807) is 11.3 Å². The summed E-state index contributed by atoms with van der Waals surface area (Å²) in [6.45, 7) is 10.4. The van der Waals surface area contributed by atoms with Crippen LogP contribution in [-0.4, -0.2) is 60.9 Å². The predicted octanol–water partition coefficient (Wildman–Crippen LogP) is 2.29. The molecule has 2 rings (SSSR count). The molecular formula is C18H29N3O2S. The van der Waals surface area contributed by atoms with Crippen LogP contribution in [-0.2, 0) is 11.2 Å². The Morgan fingerprint density at radius 3 is 2.50 bits per heavy atom. The molecule has 2 heterocycles. The summed E-state index contributed by atoms with van der Waals surface area (Å²) >= 11 is 1.61. The van der Waals surface area contributed by atoms with E-state index in [0.29, 0.717) is 19.6 Å². The van der Waals surface area contributed by atoms with E-state index >= 15 is 0 Å². The van der Waals surface area contributed by atoms with Gasteiger partial charge in [0.15, 0.2) is 0 Å². The maximum atomic E-state index is 12.7. The fourth-order valence-electron chi connectivity index (χ4n) is 2.93. The van der Waals surface area contributed by atoms with Crippen molar-refractivity contribution in [3.63, 3.8) is 0 Å². The first-order chi connectivity index (χ1) is 11.5. The molecule has 1 aliphatic heterocycles. The van der Waals surface area contributed by atoms with Crippen LogP contribution in [0.15, 0.2) is 6.07 Å². The zero-order valence-corrected chi connectivity index (χ0v) is 15.9. The van der Waals surface area contributed by atoms with Crippen molar-refractivity contribution < 1.29 is 9.59 Å². The number of carbonyl (C=O) groups excluding carboxylic acids is 2. The Hall–Kier alpha value is -1.40. The first kappa shape index (κ1) is 18.9. The zero-order chi connectivity index (χ0) is 17.5. The summed E-state index contributed by atoms with van der Waals surface area (Å²) in [5.41, 5.74) is 1.30. The third-order valence-electron chi connectivity index (χ3n) is 4.35. The maximum absolute atomic E-state index is 12.7. The van der Waals surface area contributed by atoms with E-state index in [-0.39, 0.29) is 11.8 Å². The summed E-state index contributed by atoms with van der Waals surface area (Å²) in [5, 5.41) is 2.90. The molecule has 0 aromatic carbocycles. The highest BCUT2D eigenvalue weighted by Crippen LogP contribution is 2.24. The standard InChI is InChI=1S/C18H29N3O2S/c1-4-6-15-12-16(24-14(15)3)18(23)21-10-8-20(9-11-21)13-17(22)19-7-5-2/h12H,4-11,13H2,1-3H3,(H,19,22). The van der Waals surface area contributed by atoms with E-state index in [9.17, 15) is 9.59 Å². The molecule has 6 heteroatoms. The molecule has 1 aliphatic rings. The minimum absolute atomic E-state index is 0.0784. The number of thiophene rings is 1. The molecule has 134 valence electrons. The molecular weight excluding hydrogens is 322 g/mol. The number of hydrogen-bond acceptors (Lipinski definition) is 4. The number of nitrogens with zero attached hydrogens (tertiary/aromatic N) is 2. The fourth-order valence-corrected chi connectivity index (χ4v) is 3.97. The van der Waals surface area contributed by atoms with Gasteiger partial charge in [-0.3, -0.25) is 14.5 Å². The first-order valence-corrected chi connectivity index (χ1v) is 9.74. The number of hydrogen-bond donors (Lipinski definition) is 1. The lowest BCUT2D eigenvalue weighted by molar-refractivity contribution is -0.122. The van der Waals surface area contributed by atoms with Gasteiger partial charge in [0.2, 0.25) is 5.91 Å². The topological polar surface area (TPSA) is 52.7 Å². The van der Waals surface area contributed by atoms with E-state index in [4.69, 9.17) is 0 Å². The fraction of sp³-hybridized carbons (Fsp3) is 0.667. The number of rotatable bonds is 7. The minimum Gasteiger partial charge on any atom is -0.355 e. The molecule has 0 aliphatic carbocycles. The molecule has 1 aromatic heterocycles. The number of aryl methyl sites for hydroxylation is 2. The van der Waals surface area contributed by atoms with Crippen LogP contribution in [0.25, 0.3) is 0 Å². The van der Waals surface area contributed by atoms with Crippen molar-refractivity contribution >= 4 is 23.2 Å². The molecule has 2 amide bonds. The van der Waals surface area contributed by atoms with Gasteiger partial charge in [0, 0.05) is 37.6 Å². The van der Waals surface area contributed by atoms with Crippen molar-refractivity contribution in [2.24, 2.45) is 0 Å². The summed E-state index contributed by atoms with van der Waals surface area (Å²) in [5.74, 6) is 0.218. The third-order valence-corrected chi connectivity index (χ3v) is 5.43. The smallest absolute Gasteiger partial charge is 0.264 e. The second-order valence-electron chi connectivity index (χ2n) is 6.36. The molecule has 5 nitrogen and oxygen atoms in total. The van der Waals surface area contributed by atoms with Crippen LogP contribution < -0.4 is 5.32 Å². The molecule has 0 unspecified atom stereocenters. The van der Waals surface area contributed by atoms with Gasteiger partial charge in [-0.15, -0.1) is 11.3 Å². The van der Waals surface area contributed by atoms with E-state index < -0.39 is 0 Å². The monoisotopic (exact) mass is 351 g/mol. The van der Waals surface area contributed by atoms with Crippen LogP contribution >= 0.6 is 11.3 Å². The van der Waals surface area contributed by atoms with Gasteiger partial charge < -0.3 is 10.2 Å². The van der Waals surface area contributed by atoms with Crippen molar-refractivity contribution in [3.8, 4) is 0 Å². The molecule has 1 aromatic rings. The van der Waals surface area contributed by atoms with E-state index in [2.05, 4.69) is 30.1 Å². The van der Waals surface area contributed by atoms with Crippen molar-refractivity contribution in [1.82, 2.24) is 15.1 Å². The predicted molar refractivity (Wildman–Crippen MR) is 98.7 cm³/mol. The maximum Gasteiger partial charge on any atom is 0.264 e. The molecule has 1 fully saturated rings.